The van der Waals surface area contributed by atoms with Gasteiger partial charge in [0.15, 0.2) is 0 Å². The third kappa shape index (κ3) is 3.49. The predicted octanol–water partition coefficient (Wildman–Crippen LogP) is 2.76. The van der Waals surface area contributed by atoms with E-state index in [1.54, 1.807) is 0 Å². The maximum atomic E-state index is 9.32. The lowest BCUT2D eigenvalue weighted by atomic mass is 9.95. The third-order valence-corrected chi connectivity index (χ3v) is 3.95. The molecule has 0 bridgehead atoms. The Bertz CT molecular complexity index is 490. The maximum Gasteiger partial charge on any atom is 0.144 e. The van der Waals surface area contributed by atoms with E-state index >= 15 is 0 Å². The number of nitrogens with one attached hydrogen (secondary N) is 1. The van der Waals surface area contributed by atoms with Crippen LogP contribution in [0.15, 0.2) is 6.07 Å². The van der Waals surface area contributed by atoms with Crippen molar-refractivity contribution in [2.45, 2.75) is 57.9 Å². The van der Waals surface area contributed by atoms with Crippen LogP contribution in [0.1, 0.15) is 55.8 Å². The lowest BCUT2D eigenvalue weighted by molar-refractivity contribution is 0.610. The van der Waals surface area contributed by atoms with E-state index in [0.29, 0.717) is 12.1 Å². The Morgan fingerprint density at radius 1 is 1.45 bits per heavy atom. The van der Waals surface area contributed by atoms with Gasteiger partial charge < -0.3 is 11.1 Å². The second-order valence-corrected chi connectivity index (χ2v) is 5.53. The average molecular weight is 272 g/mol. The van der Waals surface area contributed by atoms with E-state index in [1.807, 2.05) is 6.07 Å². The molecule has 1 atom stereocenters. The van der Waals surface area contributed by atoms with Crippen LogP contribution in [-0.2, 0) is 12.8 Å². The highest BCUT2D eigenvalue weighted by atomic mass is 15.0. The minimum Gasteiger partial charge on any atom is -0.365 e. The van der Waals surface area contributed by atoms with Crippen LogP contribution >= 0.6 is 0 Å². The van der Waals surface area contributed by atoms with Crippen molar-refractivity contribution in [3.05, 3.63) is 22.9 Å². The van der Waals surface area contributed by atoms with Gasteiger partial charge in [0.1, 0.15) is 11.9 Å². The zero-order chi connectivity index (χ0) is 14.4. The molecule has 2 rings (SSSR count). The zero-order valence-electron chi connectivity index (χ0n) is 12.3. The van der Waals surface area contributed by atoms with Crippen molar-refractivity contribution in [3.63, 3.8) is 0 Å². The molecule has 1 aromatic heterocycles. The summed E-state index contributed by atoms with van der Waals surface area (Å²) >= 11 is 0. The number of nitrogens with two attached hydrogens (primary N) is 1. The van der Waals surface area contributed by atoms with Gasteiger partial charge in [0.05, 0.1) is 5.56 Å². The van der Waals surface area contributed by atoms with Crippen LogP contribution in [0.4, 0.5) is 5.82 Å². The molecule has 108 valence electrons. The highest BCUT2D eigenvalue weighted by Gasteiger charge is 2.16. The second-order valence-electron chi connectivity index (χ2n) is 5.53. The van der Waals surface area contributed by atoms with E-state index in [9.17, 15) is 5.26 Å². The summed E-state index contributed by atoms with van der Waals surface area (Å²) in [4.78, 5) is 4.69. The fraction of sp³-hybridized carbons (Fsp3) is 0.625. The maximum absolute atomic E-state index is 9.32. The summed E-state index contributed by atoms with van der Waals surface area (Å²) < 4.78 is 0. The van der Waals surface area contributed by atoms with Gasteiger partial charge in [-0.05, 0) is 43.7 Å². The molecule has 0 aromatic carbocycles. The Labute approximate surface area is 121 Å². The number of nitriles is 1. The van der Waals surface area contributed by atoms with E-state index in [1.165, 1.54) is 18.4 Å². The summed E-state index contributed by atoms with van der Waals surface area (Å²) in [5.41, 5.74) is 8.87. The molecule has 20 heavy (non-hydrogen) atoms. The summed E-state index contributed by atoms with van der Waals surface area (Å²) in [5, 5.41) is 12.7. The standard InChI is InChI=1S/C16H24N4/c1-2-3-7-14(11-18)19-16-13(10-17)9-12-6-4-5-8-15(12)20-16/h9,14H,2-8,11,18H2,1H3,(H,19,20). The Morgan fingerprint density at radius 3 is 2.95 bits per heavy atom. The van der Waals surface area contributed by atoms with Gasteiger partial charge in [-0.2, -0.15) is 5.26 Å². The summed E-state index contributed by atoms with van der Waals surface area (Å²) in [6.45, 7) is 2.75. The fourth-order valence-corrected chi connectivity index (χ4v) is 2.72. The van der Waals surface area contributed by atoms with Crippen molar-refractivity contribution < 1.29 is 0 Å². The van der Waals surface area contributed by atoms with Gasteiger partial charge in [0.25, 0.3) is 0 Å². The van der Waals surface area contributed by atoms with E-state index < -0.39 is 0 Å². The third-order valence-electron chi connectivity index (χ3n) is 3.95. The van der Waals surface area contributed by atoms with Gasteiger partial charge in [-0.3, -0.25) is 0 Å². The van der Waals surface area contributed by atoms with E-state index in [2.05, 4.69) is 18.3 Å². The summed E-state index contributed by atoms with van der Waals surface area (Å²) in [7, 11) is 0. The van der Waals surface area contributed by atoms with Gasteiger partial charge in [0.2, 0.25) is 0 Å². The van der Waals surface area contributed by atoms with Crippen LogP contribution in [0.25, 0.3) is 0 Å². The normalized spacial score (nSPS) is 15.2. The topological polar surface area (TPSA) is 74.7 Å². The smallest absolute Gasteiger partial charge is 0.144 e. The van der Waals surface area contributed by atoms with Crippen molar-refractivity contribution in [1.82, 2.24) is 4.98 Å². The summed E-state index contributed by atoms with van der Waals surface area (Å²) in [6.07, 6.45) is 7.79. The Kier molecular flexibility index (Phi) is 5.37. The number of unbranched alkanes of at least 4 members (excludes halogenated alkanes) is 1. The molecule has 1 heterocycles. The van der Waals surface area contributed by atoms with Crippen molar-refractivity contribution in [2.75, 3.05) is 11.9 Å². The quantitative estimate of drug-likeness (QED) is 0.835. The first kappa shape index (κ1) is 14.8. The van der Waals surface area contributed by atoms with Crippen LogP contribution in [-0.4, -0.2) is 17.6 Å². The number of hydrogen-bond acceptors (Lipinski definition) is 4. The average Bonchev–Trinajstić information content (AvgIpc) is 2.50. The molecule has 0 fully saturated rings. The molecule has 0 amide bonds. The van der Waals surface area contributed by atoms with E-state index in [4.69, 9.17) is 10.7 Å². The molecule has 4 nitrogen and oxygen atoms in total. The molecule has 1 aromatic rings. The first-order valence-corrected chi connectivity index (χ1v) is 7.68. The van der Waals surface area contributed by atoms with Crippen molar-refractivity contribution in [1.29, 1.82) is 5.26 Å². The molecule has 0 saturated heterocycles. The number of aryl methyl sites for hydroxylation is 2. The largest absolute Gasteiger partial charge is 0.365 e. The van der Waals surface area contributed by atoms with Crippen LogP contribution < -0.4 is 11.1 Å². The molecule has 1 aliphatic rings. The SMILES string of the molecule is CCCCC(CN)Nc1nc2c(cc1C#N)CCCC2. The fourth-order valence-electron chi connectivity index (χ4n) is 2.72. The Morgan fingerprint density at radius 2 is 2.25 bits per heavy atom. The predicted molar refractivity (Wildman–Crippen MR) is 81.6 cm³/mol. The second kappa shape index (κ2) is 7.25. The van der Waals surface area contributed by atoms with Crippen LogP contribution in [0.5, 0.6) is 0 Å². The van der Waals surface area contributed by atoms with Gasteiger partial charge in [-0.15, -0.1) is 0 Å². The number of rotatable bonds is 6. The highest BCUT2D eigenvalue weighted by molar-refractivity contribution is 5.55. The summed E-state index contributed by atoms with van der Waals surface area (Å²) in [6, 6.07) is 4.48. The molecule has 0 spiro atoms. The Hall–Kier alpha value is -1.60. The minimum absolute atomic E-state index is 0.205. The van der Waals surface area contributed by atoms with E-state index in [-0.39, 0.29) is 6.04 Å². The molecule has 1 unspecified atom stereocenters. The molecule has 1 aliphatic carbocycles. The molecule has 0 radical (unpaired) electrons. The van der Waals surface area contributed by atoms with Crippen molar-refractivity contribution in [2.24, 2.45) is 5.73 Å². The van der Waals surface area contributed by atoms with Gasteiger partial charge in [-0.1, -0.05) is 19.8 Å². The first-order chi connectivity index (χ1) is 9.78. The number of hydrogen-bond donors (Lipinski definition) is 2. The zero-order valence-corrected chi connectivity index (χ0v) is 12.3. The van der Waals surface area contributed by atoms with E-state index in [0.717, 1.165) is 43.6 Å². The number of fused-ring (bicyclic) bond motifs is 1. The molecule has 4 heteroatoms. The van der Waals surface area contributed by atoms with Crippen molar-refractivity contribution in [3.8, 4) is 6.07 Å². The van der Waals surface area contributed by atoms with Gasteiger partial charge in [0, 0.05) is 18.3 Å². The van der Waals surface area contributed by atoms with Gasteiger partial charge >= 0.3 is 0 Å². The number of aromatic nitrogens is 1. The number of anilines is 1. The van der Waals surface area contributed by atoms with Crippen molar-refractivity contribution >= 4 is 5.82 Å². The first-order valence-electron chi connectivity index (χ1n) is 7.68. The number of pyridine rings is 1. The number of nitrogens with zero attached hydrogens (tertiary/aromatic N) is 2. The lowest BCUT2D eigenvalue weighted by Crippen LogP contribution is -2.30. The Balaban J connectivity index is 2.19. The molecular formula is C16H24N4. The molecule has 0 aliphatic heterocycles. The molecule has 0 saturated carbocycles. The van der Waals surface area contributed by atoms with Gasteiger partial charge in [-0.25, -0.2) is 4.98 Å². The minimum atomic E-state index is 0.205. The monoisotopic (exact) mass is 272 g/mol. The molecular weight excluding hydrogens is 248 g/mol. The lowest BCUT2D eigenvalue weighted by Gasteiger charge is -2.21. The van der Waals surface area contributed by atoms with Crippen LogP contribution in [0.2, 0.25) is 0 Å². The highest BCUT2D eigenvalue weighted by Crippen LogP contribution is 2.25. The molecule has 3 N–H and O–H groups in total. The van der Waals surface area contributed by atoms with Crippen LogP contribution in [0, 0.1) is 11.3 Å². The summed E-state index contributed by atoms with van der Waals surface area (Å²) in [5.74, 6) is 0.722. The van der Waals surface area contributed by atoms with Crippen LogP contribution in [0.3, 0.4) is 0 Å².